The van der Waals surface area contributed by atoms with E-state index in [0.717, 1.165) is 11.1 Å². The van der Waals surface area contributed by atoms with Gasteiger partial charge in [0.2, 0.25) is 12.7 Å². The van der Waals surface area contributed by atoms with Crippen LogP contribution in [-0.2, 0) is 11.2 Å². The normalized spacial score (nSPS) is 19.9. The van der Waals surface area contributed by atoms with Crippen LogP contribution in [0.3, 0.4) is 0 Å². The molecule has 0 aromatic heterocycles. The Morgan fingerprint density at radius 2 is 2.00 bits per heavy atom. The van der Waals surface area contributed by atoms with E-state index in [1.165, 1.54) is 17.0 Å². The maximum atomic E-state index is 13.6. The number of anilines is 1. The molecular weight excluding hydrogens is 365 g/mol. The minimum Gasteiger partial charge on any atom is -0.454 e. The Morgan fingerprint density at radius 1 is 1.14 bits per heavy atom. The first-order valence-electron chi connectivity index (χ1n) is 9.12. The van der Waals surface area contributed by atoms with Crippen LogP contribution in [0.4, 0.5) is 14.9 Å². The van der Waals surface area contributed by atoms with Gasteiger partial charge in [0.05, 0.1) is 6.04 Å². The zero-order chi connectivity index (χ0) is 19.3. The fourth-order valence-electron chi connectivity index (χ4n) is 4.03. The third-order valence-corrected chi connectivity index (χ3v) is 5.41. The number of ether oxygens (including phenoxy) is 2. The highest BCUT2D eigenvalue weighted by atomic mass is 19.1. The van der Waals surface area contributed by atoms with Crippen LogP contribution in [0.5, 0.6) is 11.5 Å². The lowest BCUT2D eigenvalue weighted by molar-refractivity contribution is -0.139. The number of hydrogen-bond acceptors (Lipinski definition) is 4. The van der Waals surface area contributed by atoms with Crippen molar-refractivity contribution in [3.05, 3.63) is 53.3 Å². The van der Waals surface area contributed by atoms with E-state index < -0.39 is 0 Å². The number of rotatable bonds is 1. The fourth-order valence-corrected chi connectivity index (χ4v) is 4.03. The predicted octanol–water partition coefficient (Wildman–Crippen LogP) is 2.53. The van der Waals surface area contributed by atoms with E-state index in [1.807, 2.05) is 0 Å². The first-order chi connectivity index (χ1) is 13.6. The molecule has 1 unspecified atom stereocenters. The lowest BCUT2D eigenvalue weighted by atomic mass is 9.90. The Balaban J connectivity index is 1.36. The molecule has 0 bridgehead atoms. The highest BCUT2D eigenvalue weighted by Gasteiger charge is 2.38. The predicted molar refractivity (Wildman–Crippen MR) is 97.7 cm³/mol. The summed E-state index contributed by atoms with van der Waals surface area (Å²) in [7, 11) is 0. The number of carbonyl (C=O) groups is 2. The average Bonchev–Trinajstić information content (AvgIpc) is 3.15. The van der Waals surface area contributed by atoms with Crippen molar-refractivity contribution >= 4 is 17.6 Å². The number of amides is 3. The highest BCUT2D eigenvalue weighted by Crippen LogP contribution is 2.35. The van der Waals surface area contributed by atoms with Crippen molar-refractivity contribution in [2.75, 3.05) is 31.7 Å². The molecular formula is C20H18FN3O4. The molecule has 7 nitrogen and oxygen atoms in total. The number of halogens is 1. The molecule has 3 heterocycles. The van der Waals surface area contributed by atoms with Gasteiger partial charge in [0, 0.05) is 24.8 Å². The van der Waals surface area contributed by atoms with E-state index in [2.05, 4.69) is 5.32 Å². The molecule has 0 aliphatic carbocycles. The van der Waals surface area contributed by atoms with Gasteiger partial charge in [-0.25, -0.2) is 9.18 Å². The molecule has 2 aromatic carbocycles. The summed E-state index contributed by atoms with van der Waals surface area (Å²) in [5.41, 5.74) is 2.36. The summed E-state index contributed by atoms with van der Waals surface area (Å²) < 4.78 is 24.2. The minimum absolute atomic E-state index is 0.0173. The van der Waals surface area contributed by atoms with Gasteiger partial charge in [-0.05, 0) is 41.8 Å². The molecule has 3 aliphatic rings. The maximum absolute atomic E-state index is 13.6. The summed E-state index contributed by atoms with van der Waals surface area (Å²) in [6, 6.07) is 9.16. The fraction of sp³-hybridized carbons (Fsp3) is 0.300. The summed E-state index contributed by atoms with van der Waals surface area (Å²) >= 11 is 0. The van der Waals surface area contributed by atoms with Gasteiger partial charge in [-0.15, -0.1) is 0 Å². The third kappa shape index (κ3) is 2.81. The number of piperazine rings is 1. The number of benzene rings is 2. The van der Waals surface area contributed by atoms with Gasteiger partial charge in [-0.3, -0.25) is 4.79 Å². The van der Waals surface area contributed by atoms with Gasteiger partial charge in [-0.2, -0.15) is 0 Å². The molecule has 5 rings (SSSR count). The maximum Gasteiger partial charge on any atom is 0.322 e. The largest absolute Gasteiger partial charge is 0.454 e. The van der Waals surface area contributed by atoms with Crippen molar-refractivity contribution in [3.63, 3.8) is 0 Å². The lowest BCUT2D eigenvalue weighted by Crippen LogP contribution is -2.56. The van der Waals surface area contributed by atoms with E-state index in [9.17, 15) is 14.0 Å². The van der Waals surface area contributed by atoms with Crippen LogP contribution in [0, 0.1) is 5.82 Å². The molecule has 2 aromatic rings. The number of nitrogens with one attached hydrogen (secondary N) is 1. The van der Waals surface area contributed by atoms with Gasteiger partial charge < -0.3 is 24.6 Å². The van der Waals surface area contributed by atoms with Crippen LogP contribution in [0.25, 0.3) is 0 Å². The summed E-state index contributed by atoms with van der Waals surface area (Å²) in [4.78, 5) is 28.7. The average molecular weight is 383 g/mol. The van der Waals surface area contributed by atoms with Crippen molar-refractivity contribution < 1.29 is 23.5 Å². The van der Waals surface area contributed by atoms with Gasteiger partial charge in [0.25, 0.3) is 0 Å². The molecule has 0 saturated carbocycles. The number of hydrogen-bond donors (Lipinski definition) is 1. The van der Waals surface area contributed by atoms with Crippen molar-refractivity contribution in [3.8, 4) is 11.5 Å². The van der Waals surface area contributed by atoms with Crippen molar-refractivity contribution in [2.24, 2.45) is 0 Å². The number of carbonyl (C=O) groups excluding carboxylic acids is 2. The van der Waals surface area contributed by atoms with Gasteiger partial charge in [0.15, 0.2) is 11.5 Å². The third-order valence-electron chi connectivity index (χ3n) is 5.41. The Kier molecular flexibility index (Phi) is 3.85. The van der Waals surface area contributed by atoms with Crippen LogP contribution < -0.4 is 14.8 Å². The van der Waals surface area contributed by atoms with Crippen LogP contribution >= 0.6 is 0 Å². The van der Waals surface area contributed by atoms with E-state index in [0.29, 0.717) is 36.7 Å². The molecule has 0 spiro atoms. The molecule has 1 saturated heterocycles. The number of fused-ring (bicyclic) bond motifs is 4. The first-order valence-corrected chi connectivity index (χ1v) is 9.12. The van der Waals surface area contributed by atoms with Crippen LogP contribution in [0.1, 0.15) is 17.2 Å². The van der Waals surface area contributed by atoms with Crippen molar-refractivity contribution in [2.45, 2.75) is 12.5 Å². The molecule has 28 heavy (non-hydrogen) atoms. The minimum atomic E-state index is -0.360. The second-order valence-corrected chi connectivity index (χ2v) is 7.07. The Hall–Kier alpha value is -3.29. The summed E-state index contributed by atoms with van der Waals surface area (Å²) in [6.45, 7) is 1.08. The van der Waals surface area contributed by atoms with Gasteiger partial charge >= 0.3 is 6.03 Å². The molecule has 3 amide bonds. The first kappa shape index (κ1) is 16.9. The lowest BCUT2D eigenvalue weighted by Gasteiger charge is -2.44. The molecule has 3 aliphatic heterocycles. The molecule has 1 N–H and O–H groups in total. The van der Waals surface area contributed by atoms with E-state index in [4.69, 9.17) is 9.47 Å². The zero-order valence-corrected chi connectivity index (χ0v) is 15.0. The quantitative estimate of drug-likeness (QED) is 0.822. The van der Waals surface area contributed by atoms with Crippen LogP contribution in [-0.4, -0.2) is 48.2 Å². The molecule has 0 radical (unpaired) electrons. The SMILES string of the molecule is O=C(Nc1ccc2c(c1)OCO2)N1CC(=O)N2CCc3cc(F)ccc3C2C1. The Bertz CT molecular complexity index is 980. The summed E-state index contributed by atoms with van der Waals surface area (Å²) in [5, 5.41) is 2.81. The molecule has 144 valence electrons. The van der Waals surface area contributed by atoms with Crippen LogP contribution in [0.15, 0.2) is 36.4 Å². The number of urea groups is 1. The second-order valence-electron chi connectivity index (χ2n) is 7.07. The molecule has 1 atom stereocenters. The van der Waals surface area contributed by atoms with E-state index >= 15 is 0 Å². The topological polar surface area (TPSA) is 71.1 Å². The molecule has 8 heteroatoms. The highest BCUT2D eigenvalue weighted by molar-refractivity contribution is 5.93. The molecule has 1 fully saturated rings. The zero-order valence-electron chi connectivity index (χ0n) is 15.0. The van der Waals surface area contributed by atoms with E-state index in [-0.39, 0.29) is 37.1 Å². The summed E-state index contributed by atoms with van der Waals surface area (Å²) in [5.74, 6) is 0.813. The standard InChI is InChI=1S/C20H18FN3O4/c21-13-1-3-15-12(7-13)5-6-24-16(15)9-23(10-19(24)25)20(26)22-14-2-4-17-18(8-14)28-11-27-17/h1-4,7-8,16H,5-6,9-11H2,(H,22,26). The van der Waals surface area contributed by atoms with Gasteiger partial charge in [0.1, 0.15) is 12.4 Å². The van der Waals surface area contributed by atoms with Crippen LogP contribution in [0.2, 0.25) is 0 Å². The second kappa shape index (κ2) is 6.40. The van der Waals surface area contributed by atoms with Crippen molar-refractivity contribution in [1.82, 2.24) is 9.80 Å². The Morgan fingerprint density at radius 3 is 2.89 bits per heavy atom. The van der Waals surface area contributed by atoms with Gasteiger partial charge in [-0.1, -0.05) is 6.07 Å². The van der Waals surface area contributed by atoms with E-state index in [1.54, 1.807) is 29.2 Å². The number of nitrogens with zero attached hydrogens (tertiary/aromatic N) is 2. The van der Waals surface area contributed by atoms with Crippen molar-refractivity contribution in [1.29, 1.82) is 0 Å². The summed E-state index contributed by atoms with van der Waals surface area (Å²) in [6.07, 6.45) is 0.624. The smallest absolute Gasteiger partial charge is 0.322 e. The monoisotopic (exact) mass is 383 g/mol. The Labute approximate surface area is 160 Å².